The standard InChI is InChI=1S/C15H20F3NO/c1-14(8-3-2-4-9-14)19-11-12-6-5-7-13(10-12)20-15(16,17)18/h5-7,10,19H,2-4,8-9,11H2,1H3. The van der Waals surface area contributed by atoms with Crippen molar-refractivity contribution in [3.63, 3.8) is 0 Å². The Balaban J connectivity index is 1.94. The second kappa shape index (κ2) is 6.04. The summed E-state index contributed by atoms with van der Waals surface area (Å²) in [4.78, 5) is 0. The Kier molecular flexibility index (Phi) is 4.58. The van der Waals surface area contributed by atoms with E-state index in [4.69, 9.17) is 0 Å². The Hall–Kier alpha value is -1.23. The van der Waals surface area contributed by atoms with Gasteiger partial charge in [0.15, 0.2) is 0 Å². The van der Waals surface area contributed by atoms with Crippen LogP contribution in [0, 0.1) is 0 Å². The predicted octanol–water partition coefficient (Wildman–Crippen LogP) is 4.40. The molecular formula is C15H20F3NO. The SMILES string of the molecule is CC1(NCc2cccc(OC(F)(F)F)c2)CCCCC1. The minimum Gasteiger partial charge on any atom is -0.406 e. The molecule has 20 heavy (non-hydrogen) atoms. The van der Waals surface area contributed by atoms with E-state index in [1.807, 2.05) is 6.07 Å². The van der Waals surface area contributed by atoms with E-state index in [1.165, 1.54) is 31.4 Å². The van der Waals surface area contributed by atoms with E-state index in [2.05, 4.69) is 17.0 Å². The average molecular weight is 287 g/mol. The summed E-state index contributed by atoms with van der Waals surface area (Å²) in [7, 11) is 0. The molecule has 0 radical (unpaired) electrons. The number of nitrogens with one attached hydrogen (secondary N) is 1. The van der Waals surface area contributed by atoms with Gasteiger partial charge in [0.05, 0.1) is 0 Å². The Morgan fingerprint density at radius 3 is 2.55 bits per heavy atom. The lowest BCUT2D eigenvalue weighted by molar-refractivity contribution is -0.274. The molecule has 1 saturated carbocycles. The molecule has 2 rings (SSSR count). The van der Waals surface area contributed by atoms with Crippen molar-refractivity contribution in [3.05, 3.63) is 29.8 Å². The molecule has 0 bridgehead atoms. The van der Waals surface area contributed by atoms with Crippen molar-refractivity contribution in [1.82, 2.24) is 5.32 Å². The molecule has 0 atom stereocenters. The van der Waals surface area contributed by atoms with Crippen LogP contribution in [0.1, 0.15) is 44.6 Å². The number of ether oxygens (including phenoxy) is 1. The smallest absolute Gasteiger partial charge is 0.406 e. The Morgan fingerprint density at radius 2 is 1.90 bits per heavy atom. The fourth-order valence-corrected chi connectivity index (χ4v) is 2.68. The highest BCUT2D eigenvalue weighted by Gasteiger charge is 2.31. The van der Waals surface area contributed by atoms with Crippen LogP contribution in [0.25, 0.3) is 0 Å². The first kappa shape index (κ1) is 15.2. The van der Waals surface area contributed by atoms with Crippen LogP contribution in [0.5, 0.6) is 5.75 Å². The van der Waals surface area contributed by atoms with E-state index in [9.17, 15) is 13.2 Å². The lowest BCUT2D eigenvalue weighted by atomic mass is 9.83. The molecule has 1 fully saturated rings. The van der Waals surface area contributed by atoms with Gasteiger partial charge in [-0.3, -0.25) is 0 Å². The zero-order valence-electron chi connectivity index (χ0n) is 11.6. The summed E-state index contributed by atoms with van der Waals surface area (Å²) in [6, 6.07) is 6.15. The van der Waals surface area contributed by atoms with E-state index in [0.29, 0.717) is 6.54 Å². The zero-order valence-corrected chi connectivity index (χ0v) is 11.6. The number of benzene rings is 1. The predicted molar refractivity (Wildman–Crippen MR) is 71.5 cm³/mol. The second-order valence-corrected chi connectivity index (χ2v) is 5.67. The van der Waals surface area contributed by atoms with Gasteiger partial charge in [0.25, 0.3) is 0 Å². The molecule has 1 N–H and O–H groups in total. The van der Waals surface area contributed by atoms with Crippen LogP contribution >= 0.6 is 0 Å². The topological polar surface area (TPSA) is 21.3 Å². The van der Waals surface area contributed by atoms with Crippen molar-refractivity contribution < 1.29 is 17.9 Å². The van der Waals surface area contributed by atoms with Gasteiger partial charge in [-0.2, -0.15) is 0 Å². The summed E-state index contributed by atoms with van der Waals surface area (Å²) in [5.74, 6) is -0.161. The number of rotatable bonds is 4. The van der Waals surface area contributed by atoms with Crippen molar-refractivity contribution in [2.45, 2.75) is 57.5 Å². The zero-order chi connectivity index (χ0) is 14.6. The van der Waals surface area contributed by atoms with E-state index in [1.54, 1.807) is 6.07 Å². The maximum Gasteiger partial charge on any atom is 0.573 e. The van der Waals surface area contributed by atoms with E-state index in [0.717, 1.165) is 18.4 Å². The molecule has 0 saturated heterocycles. The molecular weight excluding hydrogens is 267 g/mol. The van der Waals surface area contributed by atoms with Crippen LogP contribution in [-0.4, -0.2) is 11.9 Å². The van der Waals surface area contributed by atoms with Crippen LogP contribution in [-0.2, 0) is 6.54 Å². The first-order valence-electron chi connectivity index (χ1n) is 6.96. The average Bonchev–Trinajstić information content (AvgIpc) is 2.36. The van der Waals surface area contributed by atoms with Gasteiger partial charge in [-0.05, 0) is 37.5 Å². The minimum atomic E-state index is -4.64. The van der Waals surface area contributed by atoms with Gasteiger partial charge < -0.3 is 10.1 Å². The van der Waals surface area contributed by atoms with Crippen LogP contribution in [0.2, 0.25) is 0 Å². The van der Waals surface area contributed by atoms with Crippen molar-refractivity contribution in [3.8, 4) is 5.75 Å². The van der Waals surface area contributed by atoms with Gasteiger partial charge in [-0.1, -0.05) is 31.4 Å². The highest BCUT2D eigenvalue weighted by atomic mass is 19.4. The Labute approximate surface area is 117 Å². The monoisotopic (exact) mass is 287 g/mol. The lowest BCUT2D eigenvalue weighted by Gasteiger charge is -2.34. The molecule has 0 aliphatic heterocycles. The minimum absolute atomic E-state index is 0.0964. The highest BCUT2D eigenvalue weighted by Crippen LogP contribution is 2.28. The lowest BCUT2D eigenvalue weighted by Crippen LogP contribution is -2.43. The van der Waals surface area contributed by atoms with Crippen LogP contribution in [0.3, 0.4) is 0 Å². The number of hydrogen-bond donors (Lipinski definition) is 1. The van der Waals surface area contributed by atoms with E-state index in [-0.39, 0.29) is 11.3 Å². The molecule has 0 unspecified atom stereocenters. The van der Waals surface area contributed by atoms with Crippen LogP contribution < -0.4 is 10.1 Å². The molecule has 112 valence electrons. The molecule has 0 amide bonds. The van der Waals surface area contributed by atoms with Crippen molar-refractivity contribution in [2.75, 3.05) is 0 Å². The first-order chi connectivity index (χ1) is 9.36. The normalized spacial score (nSPS) is 18.8. The second-order valence-electron chi connectivity index (χ2n) is 5.67. The third kappa shape index (κ3) is 4.71. The van der Waals surface area contributed by atoms with Gasteiger partial charge in [0.1, 0.15) is 5.75 Å². The Bertz CT molecular complexity index is 439. The van der Waals surface area contributed by atoms with E-state index >= 15 is 0 Å². The maximum atomic E-state index is 12.2. The molecule has 0 aromatic heterocycles. The van der Waals surface area contributed by atoms with Crippen molar-refractivity contribution >= 4 is 0 Å². The summed E-state index contributed by atoms with van der Waals surface area (Å²) in [6.45, 7) is 2.74. The molecule has 1 aliphatic carbocycles. The molecule has 0 heterocycles. The number of alkyl halides is 3. The summed E-state index contributed by atoms with van der Waals surface area (Å²) < 4.78 is 40.5. The number of hydrogen-bond acceptors (Lipinski definition) is 2. The summed E-state index contributed by atoms with van der Waals surface area (Å²) in [5.41, 5.74) is 0.901. The van der Waals surface area contributed by atoms with Crippen LogP contribution in [0.15, 0.2) is 24.3 Å². The molecule has 5 heteroatoms. The van der Waals surface area contributed by atoms with Gasteiger partial charge in [-0.25, -0.2) is 0 Å². The number of halogens is 3. The molecule has 2 nitrogen and oxygen atoms in total. The highest BCUT2D eigenvalue weighted by molar-refractivity contribution is 5.28. The van der Waals surface area contributed by atoms with Gasteiger partial charge in [0, 0.05) is 12.1 Å². The molecule has 1 aromatic carbocycles. The van der Waals surface area contributed by atoms with Gasteiger partial charge in [-0.15, -0.1) is 13.2 Å². The van der Waals surface area contributed by atoms with Crippen molar-refractivity contribution in [1.29, 1.82) is 0 Å². The van der Waals surface area contributed by atoms with E-state index < -0.39 is 6.36 Å². The third-order valence-corrected chi connectivity index (χ3v) is 3.81. The van der Waals surface area contributed by atoms with Gasteiger partial charge >= 0.3 is 6.36 Å². The fourth-order valence-electron chi connectivity index (χ4n) is 2.68. The summed E-state index contributed by atoms with van der Waals surface area (Å²) in [6.07, 6.45) is 1.28. The summed E-state index contributed by atoms with van der Waals surface area (Å²) >= 11 is 0. The molecule has 0 spiro atoms. The third-order valence-electron chi connectivity index (χ3n) is 3.81. The largest absolute Gasteiger partial charge is 0.573 e. The maximum absolute atomic E-state index is 12.2. The fraction of sp³-hybridized carbons (Fsp3) is 0.600. The Morgan fingerprint density at radius 1 is 1.20 bits per heavy atom. The molecule has 1 aliphatic rings. The summed E-state index contributed by atoms with van der Waals surface area (Å²) in [5, 5.41) is 3.47. The van der Waals surface area contributed by atoms with Gasteiger partial charge in [0.2, 0.25) is 0 Å². The first-order valence-corrected chi connectivity index (χ1v) is 6.96. The van der Waals surface area contributed by atoms with Crippen molar-refractivity contribution in [2.24, 2.45) is 0 Å². The molecule has 1 aromatic rings. The quantitative estimate of drug-likeness (QED) is 0.886. The van der Waals surface area contributed by atoms with Crippen LogP contribution in [0.4, 0.5) is 13.2 Å².